The van der Waals surface area contributed by atoms with Crippen molar-refractivity contribution in [2.24, 2.45) is 0 Å². The molecule has 0 unspecified atom stereocenters. The van der Waals surface area contributed by atoms with Crippen molar-refractivity contribution in [1.82, 2.24) is 20.2 Å². The van der Waals surface area contributed by atoms with Gasteiger partial charge >= 0.3 is 0 Å². The fourth-order valence-electron chi connectivity index (χ4n) is 2.14. The number of aromatic nitrogens is 4. The topological polar surface area (TPSA) is 77.8 Å². The van der Waals surface area contributed by atoms with E-state index in [4.69, 9.17) is 8.83 Å². The average molecular weight is 328 g/mol. The lowest BCUT2D eigenvalue weighted by molar-refractivity contribution is 0.463. The lowest BCUT2D eigenvalue weighted by atomic mass is 10.2. The molecule has 4 rings (SSSR count). The second kappa shape index (κ2) is 5.47. The molecule has 0 radical (unpaired) electrons. The summed E-state index contributed by atoms with van der Waals surface area (Å²) in [5.41, 5.74) is 1.39. The lowest BCUT2D eigenvalue weighted by Crippen LogP contribution is -1.88. The highest BCUT2D eigenvalue weighted by molar-refractivity contribution is 7.99. The Morgan fingerprint density at radius 2 is 2.04 bits per heavy atom. The van der Waals surface area contributed by atoms with Gasteiger partial charge in [-0.2, -0.15) is 0 Å². The molecule has 0 N–H and O–H groups in total. The van der Waals surface area contributed by atoms with Crippen LogP contribution in [0.4, 0.5) is 4.39 Å². The third kappa shape index (κ3) is 2.57. The van der Waals surface area contributed by atoms with E-state index >= 15 is 0 Å². The van der Waals surface area contributed by atoms with Gasteiger partial charge in [0.25, 0.3) is 11.1 Å². The van der Waals surface area contributed by atoms with Crippen molar-refractivity contribution >= 4 is 22.7 Å². The zero-order valence-electron chi connectivity index (χ0n) is 11.9. The summed E-state index contributed by atoms with van der Waals surface area (Å²) in [5.74, 6) is 0.706. The van der Waals surface area contributed by atoms with Crippen molar-refractivity contribution in [3.63, 3.8) is 0 Å². The lowest BCUT2D eigenvalue weighted by Gasteiger charge is -2.01. The van der Waals surface area contributed by atoms with Crippen LogP contribution in [0.5, 0.6) is 0 Å². The highest BCUT2D eigenvalue weighted by Crippen LogP contribution is 2.32. The summed E-state index contributed by atoms with van der Waals surface area (Å²) in [6.45, 7) is 1.81. The van der Waals surface area contributed by atoms with E-state index in [2.05, 4.69) is 20.2 Å². The molecule has 114 valence electrons. The molecule has 0 aliphatic heterocycles. The first-order valence-electron chi connectivity index (χ1n) is 6.67. The molecule has 0 atom stereocenters. The van der Waals surface area contributed by atoms with E-state index in [1.165, 1.54) is 18.5 Å². The van der Waals surface area contributed by atoms with E-state index in [9.17, 15) is 4.39 Å². The minimum atomic E-state index is -0.352. The van der Waals surface area contributed by atoms with E-state index in [0.29, 0.717) is 32.8 Å². The van der Waals surface area contributed by atoms with Crippen LogP contribution < -0.4 is 0 Å². The number of hydrogen-bond donors (Lipinski definition) is 0. The molecule has 8 heteroatoms. The van der Waals surface area contributed by atoms with E-state index in [1.54, 1.807) is 18.4 Å². The van der Waals surface area contributed by atoms with E-state index in [0.717, 1.165) is 17.3 Å². The Labute approximate surface area is 133 Å². The maximum atomic E-state index is 13.5. The number of aryl methyl sites for hydroxylation is 1. The minimum Gasteiger partial charge on any atom is -0.469 e. The summed E-state index contributed by atoms with van der Waals surface area (Å²) in [7, 11) is 0. The maximum Gasteiger partial charge on any atom is 0.283 e. The molecule has 0 aliphatic rings. The van der Waals surface area contributed by atoms with E-state index < -0.39 is 0 Å². The Hall–Kier alpha value is -2.74. The largest absolute Gasteiger partial charge is 0.469 e. The van der Waals surface area contributed by atoms with Crippen LogP contribution in [0.15, 0.2) is 55.9 Å². The molecule has 3 heterocycles. The van der Waals surface area contributed by atoms with Crippen LogP contribution in [0.3, 0.4) is 0 Å². The van der Waals surface area contributed by atoms with Crippen LogP contribution >= 0.6 is 11.8 Å². The molecule has 1 aromatic carbocycles. The summed E-state index contributed by atoms with van der Waals surface area (Å²) in [5, 5.41) is 9.44. The normalized spacial score (nSPS) is 11.2. The summed E-state index contributed by atoms with van der Waals surface area (Å²) < 4.78 is 24.3. The summed E-state index contributed by atoms with van der Waals surface area (Å²) in [6.07, 6.45) is 2.97. The second-order valence-corrected chi connectivity index (χ2v) is 5.65. The van der Waals surface area contributed by atoms with Gasteiger partial charge in [-0.15, -0.1) is 10.2 Å². The van der Waals surface area contributed by atoms with Crippen molar-refractivity contribution in [3.8, 4) is 11.5 Å². The number of hydrogen-bond acceptors (Lipinski definition) is 7. The van der Waals surface area contributed by atoms with Gasteiger partial charge in [-0.25, -0.2) is 14.4 Å². The summed E-state index contributed by atoms with van der Waals surface area (Å²) in [6, 6.07) is 6.10. The fraction of sp³-hybridized carbons (Fsp3) is 0.0667. The summed E-state index contributed by atoms with van der Waals surface area (Å²) >= 11 is 1.16. The number of rotatable bonds is 3. The monoisotopic (exact) mass is 328 g/mol. The number of nitrogens with zero attached hydrogens (tertiary/aromatic N) is 4. The molecular weight excluding hydrogens is 319 g/mol. The molecule has 0 saturated heterocycles. The fourth-order valence-corrected chi connectivity index (χ4v) is 2.88. The summed E-state index contributed by atoms with van der Waals surface area (Å²) in [4.78, 5) is 8.28. The van der Waals surface area contributed by atoms with E-state index in [-0.39, 0.29) is 5.82 Å². The quantitative estimate of drug-likeness (QED) is 0.528. The Balaban J connectivity index is 1.70. The number of halogens is 1. The Bertz CT molecular complexity index is 998. The van der Waals surface area contributed by atoms with Gasteiger partial charge in [0, 0.05) is 5.39 Å². The van der Waals surface area contributed by atoms with Gasteiger partial charge in [0.05, 0.1) is 17.3 Å². The van der Waals surface area contributed by atoms with Gasteiger partial charge in [-0.05, 0) is 43.0 Å². The Morgan fingerprint density at radius 3 is 2.87 bits per heavy atom. The molecule has 3 aromatic heterocycles. The standard InChI is InChI=1S/C15H9FN4O2S/c1-8-10(4-5-21-8)13-19-20-15(22-13)23-14-11-6-9(16)2-3-12(11)17-7-18-14/h2-7H,1H3. The van der Waals surface area contributed by atoms with Gasteiger partial charge in [-0.3, -0.25) is 0 Å². The van der Waals surface area contributed by atoms with Gasteiger partial charge in [0.1, 0.15) is 22.9 Å². The van der Waals surface area contributed by atoms with Gasteiger partial charge in [-0.1, -0.05) is 0 Å². The van der Waals surface area contributed by atoms with Gasteiger partial charge < -0.3 is 8.83 Å². The van der Waals surface area contributed by atoms with Crippen LogP contribution in [-0.4, -0.2) is 20.2 Å². The first kappa shape index (κ1) is 13.9. The molecular formula is C15H9FN4O2S. The Morgan fingerprint density at radius 1 is 1.13 bits per heavy atom. The highest BCUT2D eigenvalue weighted by Gasteiger charge is 2.15. The van der Waals surface area contributed by atoms with Crippen molar-refractivity contribution in [2.75, 3.05) is 0 Å². The molecule has 0 fully saturated rings. The average Bonchev–Trinajstić information content (AvgIpc) is 3.16. The van der Waals surface area contributed by atoms with E-state index in [1.807, 2.05) is 6.92 Å². The molecule has 0 spiro atoms. The zero-order valence-corrected chi connectivity index (χ0v) is 12.7. The van der Waals surface area contributed by atoms with Crippen LogP contribution in [0, 0.1) is 12.7 Å². The third-order valence-electron chi connectivity index (χ3n) is 3.24. The zero-order chi connectivity index (χ0) is 15.8. The molecule has 23 heavy (non-hydrogen) atoms. The number of fused-ring (bicyclic) bond motifs is 1. The molecule has 0 bridgehead atoms. The molecule has 0 amide bonds. The number of furan rings is 1. The van der Waals surface area contributed by atoms with Crippen LogP contribution in [0.1, 0.15) is 5.76 Å². The first-order chi connectivity index (χ1) is 11.2. The molecule has 6 nitrogen and oxygen atoms in total. The van der Waals surface area contributed by atoms with Crippen molar-refractivity contribution < 1.29 is 13.2 Å². The van der Waals surface area contributed by atoms with Crippen LogP contribution in [-0.2, 0) is 0 Å². The van der Waals surface area contributed by atoms with Crippen molar-refractivity contribution in [3.05, 3.63) is 48.4 Å². The predicted octanol–water partition coefficient (Wildman–Crippen LogP) is 3.87. The maximum absolute atomic E-state index is 13.5. The number of benzene rings is 1. The molecule has 0 aliphatic carbocycles. The third-order valence-corrected chi connectivity index (χ3v) is 4.10. The second-order valence-electron chi connectivity index (χ2n) is 4.71. The van der Waals surface area contributed by atoms with Crippen molar-refractivity contribution in [2.45, 2.75) is 17.2 Å². The smallest absolute Gasteiger partial charge is 0.283 e. The van der Waals surface area contributed by atoms with Gasteiger partial charge in [0.15, 0.2) is 0 Å². The van der Waals surface area contributed by atoms with Gasteiger partial charge in [0.2, 0.25) is 0 Å². The first-order valence-corrected chi connectivity index (χ1v) is 7.48. The molecule has 0 saturated carbocycles. The Kier molecular flexibility index (Phi) is 3.30. The predicted molar refractivity (Wildman–Crippen MR) is 80.4 cm³/mol. The van der Waals surface area contributed by atoms with Crippen LogP contribution in [0.2, 0.25) is 0 Å². The van der Waals surface area contributed by atoms with Crippen molar-refractivity contribution in [1.29, 1.82) is 0 Å². The van der Waals surface area contributed by atoms with Crippen LogP contribution in [0.25, 0.3) is 22.4 Å². The minimum absolute atomic E-state index is 0.310. The SMILES string of the molecule is Cc1occc1-c1nnc(Sc2ncnc3ccc(F)cc23)o1. The molecule has 4 aromatic rings. The highest BCUT2D eigenvalue weighted by atomic mass is 32.2.